The second kappa shape index (κ2) is 7.29. The Morgan fingerprint density at radius 2 is 1.83 bits per heavy atom. The van der Waals surface area contributed by atoms with E-state index >= 15 is 0 Å². The molecule has 0 radical (unpaired) electrons. The summed E-state index contributed by atoms with van der Waals surface area (Å²) >= 11 is 6.40. The maximum absolute atomic E-state index is 12.9. The fraction of sp³-hybridized carbons (Fsp3) is 0.182. The van der Waals surface area contributed by atoms with Crippen LogP contribution in [-0.4, -0.2) is 25.5 Å². The van der Waals surface area contributed by atoms with E-state index in [0.29, 0.717) is 22.2 Å². The van der Waals surface area contributed by atoms with E-state index in [0.717, 1.165) is 33.6 Å². The number of anilines is 1. The minimum Gasteiger partial charge on any atom is -0.305 e. The first-order valence-electron chi connectivity index (χ1n) is 9.21. The van der Waals surface area contributed by atoms with Crippen LogP contribution in [0.5, 0.6) is 0 Å². The molecule has 3 heterocycles. The SMILES string of the molecule is Cc1cc(C)nc(NC(=O)c2cnc3c(C)c(C)c(-c4ccccc4Cl)nn23)c1. The largest absolute Gasteiger partial charge is 0.305 e. The zero-order chi connectivity index (χ0) is 20.7. The molecule has 6 nitrogen and oxygen atoms in total. The molecule has 1 N–H and O–H groups in total. The lowest BCUT2D eigenvalue weighted by Crippen LogP contribution is -2.17. The van der Waals surface area contributed by atoms with Crippen molar-refractivity contribution in [2.45, 2.75) is 27.7 Å². The average Bonchev–Trinajstić information content (AvgIpc) is 3.08. The summed E-state index contributed by atoms with van der Waals surface area (Å²) in [6.07, 6.45) is 1.53. The van der Waals surface area contributed by atoms with E-state index in [4.69, 9.17) is 16.7 Å². The number of hydrogen-bond acceptors (Lipinski definition) is 4. The van der Waals surface area contributed by atoms with E-state index in [1.807, 2.05) is 64.1 Å². The third kappa shape index (κ3) is 3.47. The first-order valence-corrected chi connectivity index (χ1v) is 9.59. The van der Waals surface area contributed by atoms with Crippen molar-refractivity contribution in [3.63, 3.8) is 0 Å². The molecule has 146 valence electrons. The van der Waals surface area contributed by atoms with Crippen LogP contribution in [-0.2, 0) is 0 Å². The van der Waals surface area contributed by atoms with Crippen LogP contribution in [0.3, 0.4) is 0 Å². The van der Waals surface area contributed by atoms with Gasteiger partial charge in [0.25, 0.3) is 5.91 Å². The van der Waals surface area contributed by atoms with Gasteiger partial charge in [0.2, 0.25) is 0 Å². The standard InChI is InChI=1S/C22H20ClN5O/c1-12-9-13(2)25-19(10-12)26-22(29)18-11-24-21-15(4)14(3)20(27-28(18)21)16-7-5-6-8-17(16)23/h5-11H,1-4H3,(H,25,26,29). The molecule has 0 aliphatic carbocycles. The van der Waals surface area contributed by atoms with E-state index in [9.17, 15) is 4.79 Å². The Balaban J connectivity index is 1.82. The van der Waals surface area contributed by atoms with Gasteiger partial charge >= 0.3 is 0 Å². The van der Waals surface area contributed by atoms with Crippen molar-refractivity contribution in [2.75, 3.05) is 5.32 Å². The molecule has 0 saturated heterocycles. The van der Waals surface area contributed by atoms with Crippen LogP contribution in [0.15, 0.2) is 42.6 Å². The summed E-state index contributed by atoms with van der Waals surface area (Å²) < 4.78 is 1.57. The fourth-order valence-corrected chi connectivity index (χ4v) is 3.60. The van der Waals surface area contributed by atoms with Crippen molar-refractivity contribution in [1.82, 2.24) is 19.6 Å². The van der Waals surface area contributed by atoms with E-state index in [1.165, 1.54) is 6.20 Å². The van der Waals surface area contributed by atoms with Crippen molar-refractivity contribution in [3.05, 3.63) is 75.7 Å². The predicted molar refractivity (Wildman–Crippen MR) is 115 cm³/mol. The van der Waals surface area contributed by atoms with Crippen molar-refractivity contribution in [3.8, 4) is 11.3 Å². The number of halogens is 1. The van der Waals surface area contributed by atoms with Gasteiger partial charge in [-0.05, 0) is 62.6 Å². The summed E-state index contributed by atoms with van der Waals surface area (Å²) in [6.45, 7) is 7.80. The van der Waals surface area contributed by atoms with Crippen molar-refractivity contribution in [2.24, 2.45) is 0 Å². The number of nitrogens with one attached hydrogen (secondary N) is 1. The van der Waals surface area contributed by atoms with Crippen LogP contribution in [0, 0.1) is 27.7 Å². The highest BCUT2D eigenvalue weighted by Crippen LogP contribution is 2.31. The maximum Gasteiger partial charge on any atom is 0.277 e. The Hall–Kier alpha value is -3.25. The minimum atomic E-state index is -0.323. The van der Waals surface area contributed by atoms with Gasteiger partial charge in [-0.15, -0.1) is 0 Å². The average molecular weight is 406 g/mol. The Morgan fingerprint density at radius 3 is 2.55 bits per heavy atom. The summed E-state index contributed by atoms with van der Waals surface area (Å²) in [7, 11) is 0. The molecule has 4 aromatic rings. The third-order valence-electron chi connectivity index (χ3n) is 4.89. The highest BCUT2D eigenvalue weighted by Gasteiger charge is 2.19. The summed E-state index contributed by atoms with van der Waals surface area (Å²) in [4.78, 5) is 21.7. The molecule has 1 amide bonds. The van der Waals surface area contributed by atoms with Crippen LogP contribution in [0.2, 0.25) is 5.02 Å². The Morgan fingerprint density at radius 1 is 1.07 bits per heavy atom. The second-order valence-corrected chi connectivity index (χ2v) is 7.49. The lowest BCUT2D eigenvalue weighted by atomic mass is 10.0. The summed E-state index contributed by atoms with van der Waals surface area (Å²) in [6, 6.07) is 11.3. The van der Waals surface area contributed by atoms with Gasteiger partial charge < -0.3 is 5.32 Å². The van der Waals surface area contributed by atoms with E-state index in [2.05, 4.69) is 15.3 Å². The Labute approximate surface area is 173 Å². The molecule has 0 aliphatic heterocycles. The molecule has 0 saturated carbocycles. The number of imidazole rings is 1. The fourth-order valence-electron chi connectivity index (χ4n) is 3.37. The lowest BCUT2D eigenvalue weighted by Gasteiger charge is -2.12. The number of amides is 1. The normalized spacial score (nSPS) is 11.1. The van der Waals surface area contributed by atoms with Gasteiger partial charge in [0.05, 0.1) is 16.9 Å². The first-order chi connectivity index (χ1) is 13.8. The van der Waals surface area contributed by atoms with Gasteiger partial charge in [-0.1, -0.05) is 29.8 Å². The van der Waals surface area contributed by atoms with Crippen LogP contribution < -0.4 is 5.32 Å². The molecule has 7 heteroatoms. The number of nitrogens with zero attached hydrogens (tertiary/aromatic N) is 4. The minimum absolute atomic E-state index is 0.323. The molecule has 4 rings (SSSR count). The molecule has 3 aromatic heterocycles. The van der Waals surface area contributed by atoms with Gasteiger partial charge in [-0.25, -0.2) is 14.5 Å². The van der Waals surface area contributed by atoms with Crippen LogP contribution in [0.1, 0.15) is 32.9 Å². The monoisotopic (exact) mass is 405 g/mol. The first kappa shape index (κ1) is 19.1. The van der Waals surface area contributed by atoms with Gasteiger partial charge in [-0.3, -0.25) is 4.79 Å². The number of aryl methyl sites for hydroxylation is 3. The van der Waals surface area contributed by atoms with Crippen LogP contribution >= 0.6 is 11.6 Å². The third-order valence-corrected chi connectivity index (χ3v) is 5.22. The molecule has 0 spiro atoms. The van der Waals surface area contributed by atoms with Gasteiger partial charge in [0.1, 0.15) is 5.82 Å². The number of fused-ring (bicyclic) bond motifs is 1. The Kier molecular flexibility index (Phi) is 4.80. The van der Waals surface area contributed by atoms with E-state index in [-0.39, 0.29) is 5.91 Å². The number of aromatic nitrogens is 4. The molecule has 29 heavy (non-hydrogen) atoms. The van der Waals surface area contributed by atoms with E-state index in [1.54, 1.807) is 4.52 Å². The molecule has 1 aromatic carbocycles. The van der Waals surface area contributed by atoms with Crippen LogP contribution in [0.4, 0.5) is 5.82 Å². The summed E-state index contributed by atoms with van der Waals surface area (Å²) in [5, 5.41) is 8.16. The Bertz CT molecular complexity index is 1240. The molecular formula is C22H20ClN5O. The number of pyridine rings is 1. The number of carbonyl (C=O) groups is 1. The van der Waals surface area contributed by atoms with Gasteiger partial charge in [-0.2, -0.15) is 5.10 Å². The van der Waals surface area contributed by atoms with Gasteiger partial charge in [0.15, 0.2) is 11.3 Å². The smallest absolute Gasteiger partial charge is 0.277 e. The summed E-state index contributed by atoms with van der Waals surface area (Å²) in [5.74, 6) is 0.175. The molecule has 0 bridgehead atoms. The van der Waals surface area contributed by atoms with Crippen molar-refractivity contribution < 1.29 is 4.79 Å². The lowest BCUT2D eigenvalue weighted by molar-refractivity contribution is 0.102. The van der Waals surface area contributed by atoms with Crippen molar-refractivity contribution in [1.29, 1.82) is 0 Å². The predicted octanol–water partition coefficient (Wildman–Crippen LogP) is 4.93. The molecule has 0 fully saturated rings. The summed E-state index contributed by atoms with van der Waals surface area (Å²) in [5.41, 5.74) is 6.28. The number of hydrogen-bond donors (Lipinski definition) is 1. The van der Waals surface area contributed by atoms with E-state index < -0.39 is 0 Å². The highest BCUT2D eigenvalue weighted by molar-refractivity contribution is 6.33. The second-order valence-electron chi connectivity index (χ2n) is 7.08. The molecular weight excluding hydrogens is 386 g/mol. The molecule has 0 aliphatic rings. The number of benzene rings is 1. The zero-order valence-electron chi connectivity index (χ0n) is 16.6. The molecule has 0 unspecified atom stereocenters. The quantitative estimate of drug-likeness (QED) is 0.524. The van der Waals surface area contributed by atoms with Crippen LogP contribution in [0.25, 0.3) is 16.9 Å². The number of carbonyl (C=O) groups excluding carboxylic acids is 1. The number of rotatable bonds is 3. The maximum atomic E-state index is 12.9. The molecule has 0 atom stereocenters. The topological polar surface area (TPSA) is 72.2 Å². The van der Waals surface area contributed by atoms with Crippen molar-refractivity contribution >= 4 is 29.0 Å². The highest BCUT2D eigenvalue weighted by atomic mass is 35.5. The zero-order valence-corrected chi connectivity index (χ0v) is 17.4. The van der Waals surface area contributed by atoms with Gasteiger partial charge in [0, 0.05) is 11.3 Å².